The van der Waals surface area contributed by atoms with Crippen molar-refractivity contribution in [1.82, 2.24) is 0 Å². The van der Waals surface area contributed by atoms with E-state index < -0.39 is 5.97 Å². The van der Waals surface area contributed by atoms with Gasteiger partial charge in [0.2, 0.25) is 0 Å². The first-order valence-electron chi connectivity index (χ1n) is 10.0. The van der Waals surface area contributed by atoms with Crippen LogP contribution in [0.3, 0.4) is 0 Å². The van der Waals surface area contributed by atoms with Crippen LogP contribution >= 0.6 is 0 Å². The first-order chi connectivity index (χ1) is 14.6. The van der Waals surface area contributed by atoms with Gasteiger partial charge in [0.25, 0.3) is 0 Å². The molecule has 0 radical (unpaired) electrons. The minimum absolute atomic E-state index is 0.0461. The van der Waals surface area contributed by atoms with Gasteiger partial charge in [0, 0.05) is 5.92 Å². The number of hydrogen-bond acceptors (Lipinski definition) is 4. The summed E-state index contributed by atoms with van der Waals surface area (Å²) in [6.45, 7) is 0. The van der Waals surface area contributed by atoms with Crippen LogP contribution in [0.5, 0.6) is 11.5 Å². The minimum Gasteiger partial charge on any atom is -0.493 e. The van der Waals surface area contributed by atoms with E-state index in [1.807, 2.05) is 24.3 Å². The summed E-state index contributed by atoms with van der Waals surface area (Å²) in [5.74, 6) is 0.846. The van der Waals surface area contributed by atoms with Crippen molar-refractivity contribution in [2.45, 2.75) is 18.4 Å². The lowest BCUT2D eigenvalue weighted by atomic mass is 9.75. The number of benzene rings is 3. The lowest BCUT2D eigenvalue weighted by Gasteiger charge is -2.38. The van der Waals surface area contributed by atoms with E-state index in [1.165, 1.54) is 11.1 Å². The second-order valence-corrected chi connectivity index (χ2v) is 7.86. The molecule has 1 aliphatic carbocycles. The van der Waals surface area contributed by atoms with E-state index in [0.29, 0.717) is 22.7 Å². The third-order valence-electron chi connectivity index (χ3n) is 6.43. The molecule has 5 rings (SSSR count). The van der Waals surface area contributed by atoms with E-state index in [2.05, 4.69) is 35.6 Å². The number of rotatable bonds is 4. The Hall–Kier alpha value is -3.47. The molecule has 0 saturated heterocycles. The molecule has 3 atom stereocenters. The highest BCUT2D eigenvalue weighted by Gasteiger charge is 2.44. The fourth-order valence-corrected chi connectivity index (χ4v) is 5.14. The maximum absolute atomic E-state index is 12.0. The van der Waals surface area contributed by atoms with Gasteiger partial charge in [-0.3, -0.25) is 0 Å². The van der Waals surface area contributed by atoms with Gasteiger partial charge in [0.05, 0.1) is 31.5 Å². The molecule has 152 valence electrons. The monoisotopic (exact) mass is 401 g/mol. The van der Waals surface area contributed by atoms with Gasteiger partial charge in [-0.2, -0.15) is 0 Å². The number of hydrogen-bond donors (Lipinski definition) is 2. The molecule has 3 aromatic rings. The quantitative estimate of drug-likeness (QED) is 0.653. The highest BCUT2D eigenvalue weighted by atomic mass is 16.5. The van der Waals surface area contributed by atoms with Gasteiger partial charge in [-0.15, -0.1) is 0 Å². The first kappa shape index (κ1) is 18.6. The summed E-state index contributed by atoms with van der Waals surface area (Å²) in [4.78, 5) is 12.0. The third-order valence-corrected chi connectivity index (χ3v) is 6.43. The van der Waals surface area contributed by atoms with Crippen molar-refractivity contribution in [3.63, 3.8) is 0 Å². The number of para-hydroxylation sites is 1. The SMILES string of the molecule is COc1ccc([C@@H]2Nc3c(C(=O)O)cccc3[C@H]3c4ccccc4C[C@H]32)cc1OC. The Balaban J connectivity index is 1.69. The second-order valence-electron chi connectivity index (χ2n) is 7.86. The van der Waals surface area contributed by atoms with Crippen LogP contribution < -0.4 is 14.8 Å². The molecule has 0 unspecified atom stereocenters. The van der Waals surface area contributed by atoms with Gasteiger partial charge in [0.1, 0.15) is 0 Å². The number of carbonyl (C=O) groups is 1. The van der Waals surface area contributed by atoms with Crippen LogP contribution in [0.15, 0.2) is 60.7 Å². The van der Waals surface area contributed by atoms with Crippen LogP contribution in [-0.4, -0.2) is 25.3 Å². The molecule has 0 spiro atoms. The molecule has 0 aromatic heterocycles. The van der Waals surface area contributed by atoms with Gasteiger partial charge in [0.15, 0.2) is 11.5 Å². The number of fused-ring (bicyclic) bond motifs is 5. The summed E-state index contributed by atoms with van der Waals surface area (Å²) >= 11 is 0. The molecular weight excluding hydrogens is 378 g/mol. The third kappa shape index (κ3) is 2.73. The number of carboxylic acids is 1. The molecule has 1 heterocycles. The van der Waals surface area contributed by atoms with E-state index in [4.69, 9.17) is 9.47 Å². The van der Waals surface area contributed by atoms with Crippen molar-refractivity contribution in [1.29, 1.82) is 0 Å². The zero-order valence-electron chi connectivity index (χ0n) is 16.9. The summed E-state index contributed by atoms with van der Waals surface area (Å²) in [7, 11) is 3.25. The summed E-state index contributed by atoms with van der Waals surface area (Å²) in [5.41, 5.74) is 5.75. The predicted molar refractivity (Wildman–Crippen MR) is 115 cm³/mol. The fourth-order valence-electron chi connectivity index (χ4n) is 5.14. The molecule has 0 amide bonds. The normalized spacial score (nSPS) is 21.1. The number of anilines is 1. The number of methoxy groups -OCH3 is 2. The number of aromatic carboxylic acids is 1. The molecule has 3 aromatic carbocycles. The van der Waals surface area contributed by atoms with Crippen molar-refractivity contribution in [2.24, 2.45) is 5.92 Å². The predicted octanol–water partition coefficient (Wildman–Crippen LogP) is 4.87. The fraction of sp³-hybridized carbons (Fsp3) is 0.240. The summed E-state index contributed by atoms with van der Waals surface area (Å²) < 4.78 is 10.9. The zero-order chi connectivity index (χ0) is 20.8. The highest BCUT2D eigenvalue weighted by molar-refractivity contribution is 5.96. The summed E-state index contributed by atoms with van der Waals surface area (Å²) in [5, 5.41) is 13.4. The number of ether oxygens (including phenoxy) is 2. The standard InChI is InChI=1S/C25H23NO4/c1-29-20-11-10-15(13-21(20)30-2)23-19-12-14-6-3-4-7-16(14)22(19)17-8-5-9-18(25(27)28)24(17)26-23/h3-11,13,19,22-23,26H,12H2,1-2H3,(H,27,28)/t19-,22-,23+/m1/s1. The highest BCUT2D eigenvalue weighted by Crippen LogP contribution is 2.54. The van der Waals surface area contributed by atoms with Gasteiger partial charge < -0.3 is 19.9 Å². The maximum Gasteiger partial charge on any atom is 0.337 e. The molecule has 0 saturated carbocycles. The lowest BCUT2D eigenvalue weighted by molar-refractivity contribution is 0.0697. The average molecular weight is 401 g/mol. The van der Waals surface area contributed by atoms with Crippen molar-refractivity contribution < 1.29 is 19.4 Å². The van der Waals surface area contributed by atoms with Gasteiger partial charge in [-0.25, -0.2) is 4.79 Å². The van der Waals surface area contributed by atoms with Crippen LogP contribution in [0.2, 0.25) is 0 Å². The molecule has 5 heteroatoms. The van der Waals surface area contributed by atoms with E-state index in [0.717, 1.165) is 17.5 Å². The Labute approximate surface area is 175 Å². The van der Waals surface area contributed by atoms with Crippen molar-refractivity contribution in [2.75, 3.05) is 19.5 Å². The van der Waals surface area contributed by atoms with Crippen LogP contribution in [0, 0.1) is 5.92 Å². The van der Waals surface area contributed by atoms with Crippen LogP contribution in [0.25, 0.3) is 0 Å². The van der Waals surface area contributed by atoms with Crippen LogP contribution in [-0.2, 0) is 6.42 Å². The van der Waals surface area contributed by atoms with Gasteiger partial charge >= 0.3 is 5.97 Å². The Bertz CT molecular complexity index is 1140. The molecule has 0 bridgehead atoms. The zero-order valence-corrected chi connectivity index (χ0v) is 16.9. The Kier molecular flexibility index (Phi) is 4.39. The minimum atomic E-state index is -0.921. The Morgan fingerprint density at radius 1 is 0.967 bits per heavy atom. The van der Waals surface area contributed by atoms with Crippen LogP contribution in [0.4, 0.5) is 5.69 Å². The molecule has 2 N–H and O–H groups in total. The summed E-state index contributed by atoms with van der Waals surface area (Å²) in [6, 6.07) is 20.0. The van der Waals surface area contributed by atoms with E-state index in [1.54, 1.807) is 20.3 Å². The molecule has 2 aliphatic rings. The van der Waals surface area contributed by atoms with Gasteiger partial charge in [-0.05, 0) is 52.8 Å². The molecule has 30 heavy (non-hydrogen) atoms. The van der Waals surface area contributed by atoms with E-state index >= 15 is 0 Å². The lowest BCUT2D eigenvalue weighted by Crippen LogP contribution is -2.31. The molecular formula is C25H23NO4. The van der Waals surface area contributed by atoms with Crippen molar-refractivity contribution in [3.05, 3.63) is 88.5 Å². The Morgan fingerprint density at radius 2 is 1.73 bits per heavy atom. The molecule has 5 nitrogen and oxygen atoms in total. The number of carboxylic acid groups (broad SMARTS) is 1. The van der Waals surface area contributed by atoms with Gasteiger partial charge in [-0.1, -0.05) is 42.5 Å². The van der Waals surface area contributed by atoms with E-state index in [-0.39, 0.29) is 17.9 Å². The molecule has 1 aliphatic heterocycles. The maximum atomic E-state index is 12.0. The Morgan fingerprint density at radius 3 is 2.50 bits per heavy atom. The topological polar surface area (TPSA) is 67.8 Å². The first-order valence-corrected chi connectivity index (χ1v) is 10.0. The van der Waals surface area contributed by atoms with Crippen molar-refractivity contribution in [3.8, 4) is 11.5 Å². The van der Waals surface area contributed by atoms with Crippen molar-refractivity contribution >= 4 is 11.7 Å². The number of nitrogens with one attached hydrogen (secondary N) is 1. The summed E-state index contributed by atoms with van der Waals surface area (Å²) in [6.07, 6.45) is 0.934. The average Bonchev–Trinajstić information content (AvgIpc) is 3.17. The second kappa shape index (κ2) is 7.10. The molecule has 0 fully saturated rings. The smallest absolute Gasteiger partial charge is 0.337 e. The largest absolute Gasteiger partial charge is 0.493 e. The van der Waals surface area contributed by atoms with E-state index in [9.17, 15) is 9.90 Å². The van der Waals surface area contributed by atoms with Crippen LogP contribution in [0.1, 0.15) is 44.6 Å².